The van der Waals surface area contributed by atoms with Crippen molar-refractivity contribution in [3.05, 3.63) is 132 Å². The topological polar surface area (TPSA) is 175 Å². The summed E-state index contributed by atoms with van der Waals surface area (Å²) in [7, 11) is 0. The van der Waals surface area contributed by atoms with E-state index in [2.05, 4.69) is 44.2 Å². The molecule has 0 saturated heterocycles. The lowest BCUT2D eigenvalue weighted by Gasteiger charge is -2.29. The molecule has 60 heavy (non-hydrogen) atoms. The molecule has 0 bridgehead atoms. The van der Waals surface area contributed by atoms with Crippen LogP contribution in [0.5, 0.6) is 46.0 Å². The van der Waals surface area contributed by atoms with Crippen molar-refractivity contribution < 1.29 is 45.3 Å². The lowest BCUT2D eigenvalue weighted by molar-refractivity contribution is 0.350. The van der Waals surface area contributed by atoms with Crippen LogP contribution in [0.2, 0.25) is 0 Å². The Balaban J connectivity index is 1.29. The van der Waals surface area contributed by atoms with Gasteiger partial charge >= 0.3 is 0 Å². The molecule has 2 aliphatic carbocycles. The average molecular weight is 793 g/mol. The normalized spacial score (nSPS) is 16.7. The van der Waals surface area contributed by atoms with Crippen LogP contribution < -0.4 is 0 Å². The molecule has 9 aromatic rings. The van der Waals surface area contributed by atoms with Gasteiger partial charge in [0.1, 0.15) is 11.2 Å². The van der Waals surface area contributed by atoms with Crippen LogP contribution in [0.3, 0.4) is 0 Å². The Morgan fingerprint density at radius 3 is 1.68 bits per heavy atom. The van der Waals surface area contributed by atoms with Crippen molar-refractivity contribution in [2.24, 2.45) is 5.92 Å². The molecule has 0 radical (unpaired) electrons. The van der Waals surface area contributed by atoms with E-state index in [4.69, 9.17) is 4.42 Å². The average Bonchev–Trinajstić information content (AvgIpc) is 3.75. The zero-order valence-electron chi connectivity index (χ0n) is 32.2. The number of furan rings is 1. The first kappa shape index (κ1) is 35.4. The molecule has 2 unspecified atom stereocenters. The van der Waals surface area contributed by atoms with Crippen LogP contribution in [-0.4, -0.2) is 40.9 Å². The quantitative estimate of drug-likeness (QED) is 0.0492. The second-order valence-corrected chi connectivity index (χ2v) is 16.4. The standard InChI is InChI=1S/C51H36O9/c1-51(2)31-17-6-5-14-28(31)36-27(15-8-18-32(36)51)25-12-7-13-26(20-25)35-39-41(45(54)49(58)47(56)43(39)52)38(42-40(35)44(53)48(57)50(59)46(42)55)29-16-9-19-33-37(29)30-21-23-10-3-4-11-24(23)22-34(30)60-33/h3-22,28,31,52-59H,1-2H3. The highest BCUT2D eigenvalue weighted by molar-refractivity contribution is 6.31. The molecule has 9 heteroatoms. The number of aromatic hydroxyl groups is 8. The van der Waals surface area contributed by atoms with Gasteiger partial charge in [0.05, 0.1) is 0 Å². The van der Waals surface area contributed by atoms with Gasteiger partial charge in [0.25, 0.3) is 0 Å². The Morgan fingerprint density at radius 1 is 0.467 bits per heavy atom. The third-order valence-corrected chi connectivity index (χ3v) is 13.0. The van der Waals surface area contributed by atoms with Crippen LogP contribution in [0.4, 0.5) is 0 Å². The summed E-state index contributed by atoms with van der Waals surface area (Å²) in [5, 5.41) is 94.9. The Kier molecular flexibility index (Phi) is 7.15. The molecule has 294 valence electrons. The number of fused-ring (bicyclic) bond motifs is 9. The fourth-order valence-electron chi connectivity index (χ4n) is 10.2. The van der Waals surface area contributed by atoms with Crippen molar-refractivity contribution in [1.29, 1.82) is 0 Å². The van der Waals surface area contributed by atoms with Gasteiger partial charge in [-0.05, 0) is 79.8 Å². The highest BCUT2D eigenvalue weighted by Gasteiger charge is 2.45. The van der Waals surface area contributed by atoms with Crippen molar-refractivity contribution in [1.82, 2.24) is 0 Å². The van der Waals surface area contributed by atoms with E-state index >= 15 is 0 Å². The van der Waals surface area contributed by atoms with Crippen LogP contribution in [0.1, 0.15) is 30.9 Å². The fraction of sp³-hybridized carbons (Fsp3) is 0.0980. The summed E-state index contributed by atoms with van der Waals surface area (Å²) in [6.45, 7) is 4.48. The predicted molar refractivity (Wildman–Crippen MR) is 233 cm³/mol. The zero-order chi connectivity index (χ0) is 41.5. The summed E-state index contributed by atoms with van der Waals surface area (Å²) in [5.74, 6) is -7.16. The van der Waals surface area contributed by atoms with E-state index in [0.29, 0.717) is 33.1 Å². The maximum atomic E-state index is 12.0. The smallest absolute Gasteiger partial charge is 0.204 e. The Hall–Kier alpha value is -7.78. The molecule has 0 saturated carbocycles. The van der Waals surface area contributed by atoms with Gasteiger partial charge in [-0.25, -0.2) is 0 Å². The number of benzene rings is 8. The van der Waals surface area contributed by atoms with Crippen LogP contribution in [0.25, 0.3) is 87.6 Å². The molecular weight excluding hydrogens is 757 g/mol. The van der Waals surface area contributed by atoms with Gasteiger partial charge in [0.2, 0.25) is 23.0 Å². The monoisotopic (exact) mass is 792 g/mol. The molecule has 0 spiro atoms. The largest absolute Gasteiger partial charge is 0.504 e. The third kappa shape index (κ3) is 4.51. The molecule has 9 nitrogen and oxygen atoms in total. The number of phenols is 8. The molecule has 0 aliphatic heterocycles. The van der Waals surface area contributed by atoms with Gasteiger partial charge in [-0.2, -0.15) is 0 Å². The highest BCUT2D eigenvalue weighted by atomic mass is 16.4. The number of phenolic OH excluding ortho intramolecular Hbond substituents is 8. The van der Waals surface area contributed by atoms with E-state index in [-0.39, 0.29) is 49.9 Å². The van der Waals surface area contributed by atoms with Gasteiger partial charge in [0, 0.05) is 49.4 Å². The summed E-state index contributed by atoms with van der Waals surface area (Å²) in [4.78, 5) is 0. The summed E-state index contributed by atoms with van der Waals surface area (Å²) < 4.78 is 6.36. The third-order valence-electron chi connectivity index (χ3n) is 13.0. The van der Waals surface area contributed by atoms with Gasteiger partial charge in [-0.15, -0.1) is 0 Å². The van der Waals surface area contributed by atoms with Crippen LogP contribution in [0.15, 0.2) is 126 Å². The van der Waals surface area contributed by atoms with Crippen molar-refractivity contribution in [3.63, 3.8) is 0 Å². The fourth-order valence-corrected chi connectivity index (χ4v) is 10.2. The van der Waals surface area contributed by atoms with Crippen LogP contribution >= 0.6 is 0 Å². The number of hydrogen-bond donors (Lipinski definition) is 8. The van der Waals surface area contributed by atoms with E-state index in [1.807, 2.05) is 60.7 Å². The molecular formula is C51H36O9. The SMILES string of the molecule is CC1(C)c2cccc(-c3cccc(-c4c5c(O)c(O)c(O)c(O)c5c(-c5cccc6oc7cc8ccccc8cc7c56)c5c(O)c(O)c(O)c(O)c45)c3)c2C2C=CC=CC21. The molecule has 1 aromatic heterocycles. The van der Waals surface area contributed by atoms with Gasteiger partial charge in [-0.1, -0.05) is 111 Å². The molecule has 1 heterocycles. The van der Waals surface area contributed by atoms with E-state index in [1.54, 1.807) is 30.3 Å². The van der Waals surface area contributed by atoms with E-state index in [1.165, 1.54) is 5.56 Å². The van der Waals surface area contributed by atoms with Gasteiger partial charge in [-0.3, -0.25) is 0 Å². The van der Waals surface area contributed by atoms with E-state index in [9.17, 15) is 40.9 Å². The molecule has 8 aromatic carbocycles. The minimum atomic E-state index is -1.03. The second kappa shape index (κ2) is 12.1. The Labute approximate surface area is 341 Å². The lowest BCUT2D eigenvalue weighted by Crippen LogP contribution is -2.24. The molecule has 2 aliphatic rings. The second-order valence-electron chi connectivity index (χ2n) is 16.4. The van der Waals surface area contributed by atoms with Crippen LogP contribution in [0, 0.1) is 5.92 Å². The molecule has 8 N–H and O–H groups in total. The van der Waals surface area contributed by atoms with Crippen molar-refractivity contribution in [2.75, 3.05) is 0 Å². The maximum Gasteiger partial charge on any atom is 0.204 e. The van der Waals surface area contributed by atoms with Gasteiger partial charge < -0.3 is 45.3 Å². The van der Waals surface area contributed by atoms with E-state index in [0.717, 1.165) is 27.5 Å². The van der Waals surface area contributed by atoms with E-state index < -0.39 is 46.0 Å². The van der Waals surface area contributed by atoms with Crippen molar-refractivity contribution in [3.8, 4) is 79.4 Å². The minimum absolute atomic E-state index is 0.0155. The molecule has 0 amide bonds. The molecule has 0 fully saturated rings. The maximum absolute atomic E-state index is 12.0. The molecule has 11 rings (SSSR count). The first-order chi connectivity index (χ1) is 28.9. The number of hydrogen-bond acceptors (Lipinski definition) is 9. The lowest BCUT2D eigenvalue weighted by atomic mass is 9.74. The van der Waals surface area contributed by atoms with Crippen LogP contribution in [-0.2, 0) is 5.41 Å². The minimum Gasteiger partial charge on any atom is -0.504 e. The summed E-state index contributed by atoms with van der Waals surface area (Å²) in [6.07, 6.45) is 8.59. The summed E-state index contributed by atoms with van der Waals surface area (Å²) >= 11 is 0. The molecule has 2 atom stereocenters. The zero-order valence-corrected chi connectivity index (χ0v) is 32.2. The highest BCUT2D eigenvalue weighted by Crippen LogP contribution is 2.63. The van der Waals surface area contributed by atoms with Gasteiger partial charge in [0.15, 0.2) is 23.0 Å². The summed E-state index contributed by atoms with van der Waals surface area (Å²) in [5.41, 5.74) is 5.46. The first-order valence-corrected chi connectivity index (χ1v) is 19.6. The number of rotatable bonds is 3. The summed E-state index contributed by atoms with van der Waals surface area (Å²) in [6, 6.07) is 30.2. The predicted octanol–water partition coefficient (Wildman–Crippen LogP) is 11.8. The van der Waals surface area contributed by atoms with Crippen molar-refractivity contribution in [2.45, 2.75) is 25.2 Å². The first-order valence-electron chi connectivity index (χ1n) is 19.6. The van der Waals surface area contributed by atoms with Crippen molar-refractivity contribution >= 4 is 54.3 Å². The Morgan fingerprint density at radius 2 is 1.02 bits per heavy atom. The Bertz CT molecular complexity index is 3380. The number of allylic oxidation sites excluding steroid dienone is 4.